The van der Waals surface area contributed by atoms with Gasteiger partial charge in [0.25, 0.3) is 0 Å². The van der Waals surface area contributed by atoms with E-state index in [-0.39, 0.29) is 89.1 Å². The zero-order valence-corrected chi connectivity index (χ0v) is 60.5. The van der Waals surface area contributed by atoms with Gasteiger partial charge >= 0.3 is 65.1 Å². The van der Waals surface area contributed by atoms with Crippen molar-refractivity contribution in [2.75, 3.05) is 33.5 Å². The molecule has 0 unspecified atom stereocenters. The normalized spacial score (nSPS) is 48.2. The van der Waals surface area contributed by atoms with E-state index < -0.39 is 228 Å². The fraction of sp³-hybridized carbons (Fsp3) is 0.898. The molecule has 1 spiro atoms. The van der Waals surface area contributed by atoms with Crippen molar-refractivity contribution in [1.82, 2.24) is 0 Å². The van der Waals surface area contributed by atoms with E-state index in [4.69, 9.17) is 61.0 Å². The van der Waals surface area contributed by atoms with Crippen molar-refractivity contribution in [3.8, 4) is 0 Å². The van der Waals surface area contributed by atoms with E-state index in [0.29, 0.717) is 44.9 Å². The number of esters is 1. The van der Waals surface area contributed by atoms with Crippen molar-refractivity contribution in [2.24, 2.45) is 39.4 Å². The molecule has 32 nitrogen and oxygen atoms in total. The largest absolute Gasteiger partial charge is 1.00 e. The molecule has 0 aromatic rings. The van der Waals surface area contributed by atoms with E-state index in [1.807, 2.05) is 34.6 Å². The molecule has 0 bridgehead atoms. The van der Waals surface area contributed by atoms with Crippen LogP contribution in [0.15, 0.2) is 23.8 Å². The Hall–Kier alpha value is -0.480. The van der Waals surface area contributed by atoms with Crippen LogP contribution in [0.1, 0.15) is 106 Å². The zero-order valence-electron chi connectivity index (χ0n) is 54.8. The summed E-state index contributed by atoms with van der Waals surface area (Å²) in [5, 5.41) is 112. The van der Waals surface area contributed by atoms with Crippen LogP contribution in [0.3, 0.4) is 0 Å². The number of methoxy groups -OCH3 is 1. The van der Waals surface area contributed by atoms with E-state index in [0.717, 1.165) is 24.7 Å². The number of cyclic esters (lactones) is 1. The fourth-order valence-corrected chi connectivity index (χ4v) is 18.1. The monoisotopic (exact) mass is 1420 g/mol. The Kier molecular flexibility index (Phi) is 25.6. The van der Waals surface area contributed by atoms with Gasteiger partial charge in [-0.05, 0) is 94.8 Å². The fourth-order valence-electron chi connectivity index (χ4n) is 17.4. The van der Waals surface area contributed by atoms with Crippen LogP contribution in [0.25, 0.3) is 0 Å². The minimum absolute atomic E-state index is 0. The molecule has 10 rings (SSSR count). The molecular weight excluding hydrogens is 1330 g/mol. The molecule has 6 aliphatic heterocycles. The molecule has 0 amide bonds. The van der Waals surface area contributed by atoms with Gasteiger partial charge in [0.05, 0.1) is 50.0 Å². The Balaban J connectivity index is 0.00000578. The summed E-state index contributed by atoms with van der Waals surface area (Å²) >= 11 is 0. The van der Waals surface area contributed by atoms with Crippen LogP contribution in [0.4, 0.5) is 0 Å². The smallest absolute Gasteiger partial charge is 0.726 e. The average Bonchev–Trinajstić information content (AvgIpc) is 1.52. The molecule has 0 aromatic carbocycles. The molecule has 6 saturated heterocycles. The van der Waals surface area contributed by atoms with E-state index in [9.17, 15) is 86.6 Å². The van der Waals surface area contributed by atoms with E-state index in [1.165, 1.54) is 6.92 Å². The Morgan fingerprint density at radius 2 is 1.28 bits per heavy atom. The van der Waals surface area contributed by atoms with Gasteiger partial charge in [-0.15, -0.1) is 6.58 Å². The Bertz CT molecular complexity index is 2990. The molecule has 31 atom stereocenters. The number of rotatable bonds is 21. The Morgan fingerprint density at radius 1 is 0.684 bits per heavy atom. The maximum absolute atomic E-state index is 14.5. The number of aliphatic hydroxyl groups excluding tert-OH is 10. The number of allylic oxidation sites excluding steroid dienone is 3. The minimum atomic E-state index is -5.55. The first-order chi connectivity index (χ1) is 43.4. The first kappa shape index (κ1) is 80.2. The topological polar surface area (TPSA) is 480 Å². The number of hydrogen-bond acceptors (Lipinski definition) is 32. The maximum Gasteiger partial charge on any atom is 1.00 e. The van der Waals surface area contributed by atoms with Crippen LogP contribution in [-0.4, -0.2) is 275 Å². The average molecular weight is 1420 g/mol. The summed E-state index contributed by atoms with van der Waals surface area (Å²) in [6.07, 6.45) is -37.6. The van der Waals surface area contributed by atoms with Crippen LogP contribution in [0.5, 0.6) is 0 Å². The molecule has 9 fully saturated rings. The van der Waals surface area contributed by atoms with Crippen molar-refractivity contribution in [1.29, 1.82) is 0 Å². The van der Waals surface area contributed by atoms with Crippen LogP contribution in [0, 0.1) is 39.4 Å². The standard InChI is InChI=1S/C59H92O32S2.2Na/c1-24(2)11-10-16-58(8)48-28(61)19-57(7)27-12-13-33-55(4,5)34(15-17-56(33,6)26(27)14-18-59(48,57)54(71)90-58)85-52-46(38(66)32(22-80-52)91-93(75,76)77)89-53-47(88-49-39(67)35(63)29(62)21-79-49)40(68)43(25(3)82-53)86-51-42(70)45(36(64)30(20-60)83-51)87-50-41(69)44(78-9)37(65)31(84-50)23-81-92(72,73)74;;/h12,25-26,29-53,60,62-70H,1,10-11,13-23H2,2-9H3,(H,72,73,74)(H,75,76,77);;/q;2*+1/p-2/t25-,26+,29-,30-,31-,32-,33+,34+,35+,36-,37-,38+,39-,40+,41-,42-,43-,44+,45+,46-,47-,48-,49+,50+,51+,52+,53+,56-,57+,58+,59-;;/m1../s1. The third kappa shape index (κ3) is 15.1. The summed E-state index contributed by atoms with van der Waals surface area (Å²) in [4.78, 5) is 28.9. The van der Waals surface area contributed by atoms with Gasteiger partial charge in [0, 0.05) is 18.9 Å². The molecule has 10 N–H and O–H groups in total. The van der Waals surface area contributed by atoms with Gasteiger partial charge in [0.2, 0.25) is 20.8 Å². The number of aliphatic hydroxyl groups is 10. The van der Waals surface area contributed by atoms with Crippen LogP contribution < -0.4 is 59.1 Å². The second-order valence-corrected chi connectivity index (χ2v) is 30.2. The Labute approximate surface area is 595 Å². The van der Waals surface area contributed by atoms with Crippen LogP contribution in [0.2, 0.25) is 0 Å². The second-order valence-electron chi connectivity index (χ2n) is 28.1. The summed E-state index contributed by atoms with van der Waals surface area (Å²) in [5.41, 5.74) is -1.91. The number of ether oxygens (including phenoxy) is 12. The zero-order chi connectivity index (χ0) is 68.2. The summed E-state index contributed by atoms with van der Waals surface area (Å²) in [6.45, 7) is 14.0. The number of Topliss-reactive ketones (excluding diaryl/α,β-unsaturated/α-hetero) is 1. The van der Waals surface area contributed by atoms with E-state index in [2.05, 4.69) is 23.8 Å². The second kappa shape index (κ2) is 30.3. The molecule has 10 aliphatic rings. The summed E-state index contributed by atoms with van der Waals surface area (Å²) in [6, 6.07) is 0. The first-order valence-electron chi connectivity index (χ1n) is 31.4. The number of carbonyl (C=O) groups excluding carboxylic acids is 2. The first-order valence-corrected chi connectivity index (χ1v) is 34.1. The van der Waals surface area contributed by atoms with Gasteiger partial charge in [-0.3, -0.25) is 18.0 Å². The van der Waals surface area contributed by atoms with E-state index in [1.54, 1.807) is 0 Å². The third-order valence-electron chi connectivity index (χ3n) is 22.0. The molecule has 3 saturated carbocycles. The molecule has 36 heteroatoms. The van der Waals surface area contributed by atoms with Gasteiger partial charge < -0.3 is 117 Å². The van der Waals surface area contributed by atoms with Gasteiger partial charge in [0.1, 0.15) is 115 Å². The third-order valence-corrected chi connectivity index (χ3v) is 22.9. The summed E-state index contributed by atoms with van der Waals surface area (Å²) in [5.74, 6) is -1.10. The molecular formula is C59H90Na2O32S2. The maximum atomic E-state index is 14.5. The van der Waals surface area contributed by atoms with Crippen molar-refractivity contribution in [3.63, 3.8) is 0 Å². The number of fused-ring (bicyclic) bond motifs is 4. The van der Waals surface area contributed by atoms with Crippen molar-refractivity contribution >= 4 is 32.6 Å². The van der Waals surface area contributed by atoms with Crippen LogP contribution >= 0.6 is 0 Å². The van der Waals surface area contributed by atoms with Gasteiger partial charge in [-0.25, -0.2) is 16.8 Å². The molecule has 6 heterocycles. The van der Waals surface area contributed by atoms with Crippen molar-refractivity contribution in [2.45, 2.75) is 259 Å². The van der Waals surface area contributed by atoms with Crippen LogP contribution in [-0.2, 0) is 95.6 Å². The predicted molar refractivity (Wildman–Crippen MR) is 305 cm³/mol. The van der Waals surface area contributed by atoms with Gasteiger partial charge in [0.15, 0.2) is 31.5 Å². The van der Waals surface area contributed by atoms with E-state index >= 15 is 0 Å². The molecule has 95 heavy (non-hydrogen) atoms. The molecule has 0 radical (unpaired) electrons. The quantitative estimate of drug-likeness (QED) is 0.0168. The van der Waals surface area contributed by atoms with Crippen molar-refractivity contribution < 1.29 is 211 Å². The molecule has 4 aliphatic carbocycles. The van der Waals surface area contributed by atoms with Crippen molar-refractivity contribution in [3.05, 3.63) is 23.8 Å². The SMILES string of the molecule is C=C(C)CCC[C@]1(C)OC(=O)[C@]23CC[C@H]4C(=CC[C@H]5C(C)(C)[C@@H](O[C@@H]6OC[C@@H](OS(=O)(=O)[O-])[C@H](O)[C@H]6O[C@@H]6O[C@H](C)[C@@H](O[C@@H]7O[C@H](CO)[C@@H](O)[C@H](O[C@@H]8O[C@H](COS(=O)(=O)[O-])[C@@H](O)[C@H](OC)[C@H]8O)[C@H]7O)[C@H](O)[C@H]6O[C@@H]6OC[C@@H](O)[C@H](O)[C@H]6O)CC[C@]45C)[C@]2(C)CC(=O)[C@@H]31.[Na+].[Na+]. The number of ketones is 1. The Morgan fingerprint density at radius 3 is 1.92 bits per heavy atom. The molecule has 0 aromatic heterocycles. The minimum Gasteiger partial charge on any atom is -0.726 e. The van der Waals surface area contributed by atoms with Gasteiger partial charge in [-0.1, -0.05) is 44.9 Å². The van der Waals surface area contributed by atoms with Gasteiger partial charge in [-0.2, -0.15) is 0 Å². The summed E-state index contributed by atoms with van der Waals surface area (Å²) < 4.78 is 151. The predicted octanol–water partition coefficient (Wildman–Crippen LogP) is -8.77. The number of hydrogen-bond donors (Lipinski definition) is 10. The molecule has 532 valence electrons. The number of carbonyl (C=O) groups is 2. The summed E-state index contributed by atoms with van der Waals surface area (Å²) in [7, 11) is -9.86.